The first-order valence-electron chi connectivity index (χ1n) is 6.49. The van der Waals surface area contributed by atoms with Gasteiger partial charge in [-0.1, -0.05) is 37.3 Å². The van der Waals surface area contributed by atoms with Crippen LogP contribution in [0.1, 0.15) is 18.9 Å². The second-order valence-electron chi connectivity index (χ2n) is 4.50. The molecule has 4 heteroatoms. The summed E-state index contributed by atoms with van der Waals surface area (Å²) in [7, 11) is 0. The van der Waals surface area contributed by atoms with Crippen molar-refractivity contribution in [3.63, 3.8) is 0 Å². The van der Waals surface area contributed by atoms with Gasteiger partial charge in [0.05, 0.1) is 0 Å². The third-order valence-corrected chi connectivity index (χ3v) is 3.26. The normalized spacial score (nSPS) is 19.6. The highest BCUT2D eigenvalue weighted by molar-refractivity contribution is 5.68. The summed E-state index contributed by atoms with van der Waals surface area (Å²) in [5.74, 6) is 0. The van der Waals surface area contributed by atoms with Crippen molar-refractivity contribution >= 4 is 6.09 Å². The van der Waals surface area contributed by atoms with Crippen LogP contribution in [0, 0.1) is 0 Å². The Morgan fingerprint density at radius 3 is 2.94 bits per heavy atom. The van der Waals surface area contributed by atoms with E-state index in [9.17, 15) is 4.79 Å². The first-order chi connectivity index (χ1) is 8.81. The highest BCUT2D eigenvalue weighted by Gasteiger charge is 2.26. The molecule has 1 heterocycles. The summed E-state index contributed by atoms with van der Waals surface area (Å²) in [6.45, 7) is 4.87. The Morgan fingerprint density at radius 2 is 2.22 bits per heavy atom. The van der Waals surface area contributed by atoms with Crippen molar-refractivity contribution in [2.24, 2.45) is 0 Å². The van der Waals surface area contributed by atoms with E-state index in [4.69, 9.17) is 4.74 Å². The highest BCUT2D eigenvalue weighted by atomic mass is 16.6. The molecule has 1 aliphatic rings. The summed E-state index contributed by atoms with van der Waals surface area (Å²) in [5.41, 5.74) is 1.02. The van der Waals surface area contributed by atoms with Crippen molar-refractivity contribution < 1.29 is 9.53 Å². The summed E-state index contributed by atoms with van der Waals surface area (Å²) in [4.78, 5) is 13.8. The van der Waals surface area contributed by atoms with Crippen molar-refractivity contribution in [1.82, 2.24) is 10.2 Å². The van der Waals surface area contributed by atoms with Crippen molar-refractivity contribution in [1.29, 1.82) is 0 Å². The second-order valence-corrected chi connectivity index (χ2v) is 4.50. The van der Waals surface area contributed by atoms with Crippen LogP contribution in [-0.4, -0.2) is 36.7 Å². The van der Waals surface area contributed by atoms with Gasteiger partial charge in [-0.25, -0.2) is 4.79 Å². The number of nitrogens with zero attached hydrogens (tertiary/aromatic N) is 1. The van der Waals surface area contributed by atoms with E-state index in [1.54, 1.807) is 0 Å². The zero-order chi connectivity index (χ0) is 12.8. The van der Waals surface area contributed by atoms with E-state index in [0.29, 0.717) is 6.61 Å². The average molecular weight is 248 g/mol. The summed E-state index contributed by atoms with van der Waals surface area (Å²) in [6.07, 6.45) is 0.750. The fraction of sp³-hybridized carbons (Fsp3) is 0.500. The lowest BCUT2D eigenvalue weighted by molar-refractivity contribution is 0.0713. The van der Waals surface area contributed by atoms with Crippen LogP contribution < -0.4 is 5.32 Å². The molecule has 1 N–H and O–H groups in total. The molecule has 0 spiro atoms. The van der Waals surface area contributed by atoms with E-state index in [1.165, 1.54) is 0 Å². The number of rotatable bonds is 3. The van der Waals surface area contributed by atoms with Gasteiger partial charge in [0.25, 0.3) is 0 Å². The van der Waals surface area contributed by atoms with Gasteiger partial charge in [-0.2, -0.15) is 0 Å². The maximum absolute atomic E-state index is 12.0. The van der Waals surface area contributed by atoms with Gasteiger partial charge < -0.3 is 15.0 Å². The lowest BCUT2D eigenvalue weighted by Gasteiger charge is -2.34. The predicted molar refractivity (Wildman–Crippen MR) is 70.3 cm³/mol. The quantitative estimate of drug-likeness (QED) is 0.889. The molecule has 1 fully saturated rings. The number of carbonyl (C=O) groups is 1. The molecule has 1 aromatic carbocycles. The molecule has 0 bridgehead atoms. The first kappa shape index (κ1) is 12.9. The summed E-state index contributed by atoms with van der Waals surface area (Å²) in [6, 6.07) is 10.0. The second kappa shape index (κ2) is 6.40. The van der Waals surface area contributed by atoms with Crippen LogP contribution in [0.5, 0.6) is 0 Å². The molecule has 1 saturated heterocycles. The Kier molecular flexibility index (Phi) is 4.59. The number of ether oxygens (including phenoxy) is 1. The average Bonchev–Trinajstić information content (AvgIpc) is 2.45. The topological polar surface area (TPSA) is 41.6 Å². The summed E-state index contributed by atoms with van der Waals surface area (Å²) >= 11 is 0. The van der Waals surface area contributed by atoms with Gasteiger partial charge in [0, 0.05) is 25.7 Å². The summed E-state index contributed by atoms with van der Waals surface area (Å²) in [5, 5.41) is 3.29. The van der Waals surface area contributed by atoms with E-state index < -0.39 is 0 Å². The number of amides is 1. The maximum atomic E-state index is 12.0. The van der Waals surface area contributed by atoms with Gasteiger partial charge in [-0.15, -0.1) is 0 Å². The third-order valence-electron chi connectivity index (χ3n) is 3.26. The molecule has 0 unspecified atom stereocenters. The molecule has 2 rings (SSSR count). The van der Waals surface area contributed by atoms with Crippen LogP contribution in [0.4, 0.5) is 4.79 Å². The van der Waals surface area contributed by atoms with E-state index in [0.717, 1.165) is 31.6 Å². The van der Waals surface area contributed by atoms with Crippen molar-refractivity contribution in [2.75, 3.05) is 19.6 Å². The Labute approximate surface area is 108 Å². The van der Waals surface area contributed by atoms with Crippen LogP contribution in [0.15, 0.2) is 30.3 Å². The van der Waals surface area contributed by atoms with Gasteiger partial charge in [0.1, 0.15) is 6.61 Å². The van der Waals surface area contributed by atoms with Crippen LogP contribution in [0.2, 0.25) is 0 Å². The molecule has 1 aromatic rings. The fourth-order valence-corrected chi connectivity index (χ4v) is 2.17. The molecule has 98 valence electrons. The van der Waals surface area contributed by atoms with Crippen LogP contribution >= 0.6 is 0 Å². The zero-order valence-electron chi connectivity index (χ0n) is 10.8. The number of nitrogens with one attached hydrogen (secondary N) is 1. The van der Waals surface area contributed by atoms with Crippen LogP contribution in [0.3, 0.4) is 0 Å². The Bertz CT molecular complexity index is 381. The molecule has 4 nitrogen and oxygen atoms in total. The smallest absolute Gasteiger partial charge is 0.410 e. The Hall–Kier alpha value is -1.55. The monoisotopic (exact) mass is 248 g/mol. The number of hydrogen-bond acceptors (Lipinski definition) is 3. The van der Waals surface area contributed by atoms with E-state index in [1.807, 2.05) is 35.2 Å². The summed E-state index contributed by atoms with van der Waals surface area (Å²) < 4.78 is 5.36. The molecular weight excluding hydrogens is 228 g/mol. The SMILES string of the molecule is CC[C@H]1CNCCN1C(=O)OCc1ccccc1. The largest absolute Gasteiger partial charge is 0.445 e. The van der Waals surface area contributed by atoms with Gasteiger partial charge in [-0.05, 0) is 12.0 Å². The Morgan fingerprint density at radius 1 is 1.44 bits per heavy atom. The standard InChI is InChI=1S/C14H20N2O2/c1-2-13-10-15-8-9-16(13)14(17)18-11-12-6-4-3-5-7-12/h3-7,13,15H,2,8-11H2,1H3/t13-/m0/s1. The van der Waals surface area contributed by atoms with Crippen LogP contribution in [0.25, 0.3) is 0 Å². The van der Waals surface area contributed by atoms with Gasteiger partial charge in [-0.3, -0.25) is 0 Å². The highest BCUT2D eigenvalue weighted by Crippen LogP contribution is 2.10. The lowest BCUT2D eigenvalue weighted by atomic mass is 10.1. The van der Waals surface area contributed by atoms with E-state index in [-0.39, 0.29) is 12.1 Å². The molecule has 0 radical (unpaired) electrons. The van der Waals surface area contributed by atoms with Gasteiger partial charge >= 0.3 is 6.09 Å². The zero-order valence-corrected chi connectivity index (χ0v) is 10.8. The number of hydrogen-bond donors (Lipinski definition) is 1. The van der Waals surface area contributed by atoms with Crippen molar-refractivity contribution in [3.05, 3.63) is 35.9 Å². The van der Waals surface area contributed by atoms with E-state index >= 15 is 0 Å². The molecule has 0 aliphatic carbocycles. The minimum Gasteiger partial charge on any atom is -0.445 e. The molecule has 18 heavy (non-hydrogen) atoms. The minimum absolute atomic E-state index is 0.202. The molecule has 1 amide bonds. The molecule has 1 aliphatic heterocycles. The Balaban J connectivity index is 1.87. The lowest BCUT2D eigenvalue weighted by Crippen LogP contribution is -2.53. The number of carbonyl (C=O) groups excluding carboxylic acids is 1. The van der Waals surface area contributed by atoms with Crippen molar-refractivity contribution in [3.8, 4) is 0 Å². The van der Waals surface area contributed by atoms with Crippen molar-refractivity contribution in [2.45, 2.75) is 26.0 Å². The minimum atomic E-state index is -0.202. The molecule has 0 saturated carbocycles. The maximum Gasteiger partial charge on any atom is 0.410 e. The number of piperazine rings is 1. The van der Waals surface area contributed by atoms with Crippen LogP contribution in [-0.2, 0) is 11.3 Å². The van der Waals surface area contributed by atoms with Gasteiger partial charge in [0.2, 0.25) is 0 Å². The predicted octanol–water partition coefficient (Wildman–Crippen LogP) is 2.01. The third kappa shape index (κ3) is 3.23. The number of benzene rings is 1. The molecule has 0 aromatic heterocycles. The van der Waals surface area contributed by atoms with E-state index in [2.05, 4.69) is 12.2 Å². The first-order valence-corrected chi connectivity index (χ1v) is 6.49. The van der Waals surface area contributed by atoms with Gasteiger partial charge in [0.15, 0.2) is 0 Å². The molecular formula is C14H20N2O2. The fourth-order valence-electron chi connectivity index (χ4n) is 2.17. The molecule has 1 atom stereocenters.